The van der Waals surface area contributed by atoms with Crippen molar-refractivity contribution in [1.29, 1.82) is 0 Å². The number of sulfonamides is 1. The fraction of sp³-hybridized carbons (Fsp3) is 0.350. The standard InChI is InChI=1S/C20H25ClN2O5S/c1-4-28-18-11-16(22-20(25)17(12-24)13(2)3)9-10-19(18)29(26,27)23-15-7-5-14(21)6-8-15/h5-11,13,17,23-24H,4,12H2,1-3H3,(H,22,25)/t17-/m0/s1. The lowest BCUT2D eigenvalue weighted by molar-refractivity contribution is -0.122. The third kappa shape index (κ3) is 6.09. The van der Waals surface area contributed by atoms with Crippen LogP contribution in [0.4, 0.5) is 11.4 Å². The highest BCUT2D eigenvalue weighted by molar-refractivity contribution is 7.92. The van der Waals surface area contributed by atoms with Crippen molar-refractivity contribution >= 4 is 38.9 Å². The molecule has 0 aromatic heterocycles. The molecule has 0 aliphatic heterocycles. The molecule has 9 heteroatoms. The molecule has 0 spiro atoms. The summed E-state index contributed by atoms with van der Waals surface area (Å²) in [6.45, 7) is 5.37. The van der Waals surface area contributed by atoms with E-state index in [1.807, 2.05) is 13.8 Å². The van der Waals surface area contributed by atoms with E-state index in [2.05, 4.69) is 10.0 Å². The number of ether oxygens (including phenoxy) is 1. The van der Waals surface area contributed by atoms with Crippen molar-refractivity contribution < 1.29 is 23.1 Å². The van der Waals surface area contributed by atoms with Crippen molar-refractivity contribution in [1.82, 2.24) is 0 Å². The Morgan fingerprint density at radius 2 is 1.76 bits per heavy atom. The smallest absolute Gasteiger partial charge is 0.265 e. The van der Waals surface area contributed by atoms with E-state index in [-0.39, 0.29) is 35.7 Å². The van der Waals surface area contributed by atoms with E-state index in [1.165, 1.54) is 18.2 Å². The van der Waals surface area contributed by atoms with Gasteiger partial charge in [0.15, 0.2) is 0 Å². The molecular formula is C20H25ClN2O5S. The minimum absolute atomic E-state index is 0.0467. The second kappa shape index (κ2) is 9.96. The summed E-state index contributed by atoms with van der Waals surface area (Å²) < 4.78 is 33.6. The maximum absolute atomic E-state index is 12.8. The largest absolute Gasteiger partial charge is 0.492 e. The summed E-state index contributed by atoms with van der Waals surface area (Å²) in [4.78, 5) is 12.3. The highest BCUT2D eigenvalue weighted by Gasteiger charge is 2.24. The number of aliphatic hydroxyl groups excluding tert-OH is 1. The Labute approximate surface area is 176 Å². The van der Waals surface area contributed by atoms with E-state index in [4.69, 9.17) is 16.3 Å². The third-order valence-corrected chi connectivity index (χ3v) is 5.91. The van der Waals surface area contributed by atoms with Crippen LogP contribution in [0, 0.1) is 11.8 Å². The first-order valence-electron chi connectivity index (χ1n) is 9.15. The van der Waals surface area contributed by atoms with Crippen LogP contribution in [0.25, 0.3) is 0 Å². The molecule has 0 heterocycles. The van der Waals surface area contributed by atoms with E-state index in [0.29, 0.717) is 16.4 Å². The Bertz CT molecular complexity index is 946. The predicted octanol–water partition coefficient (Wildman–Crippen LogP) is 3.74. The summed E-state index contributed by atoms with van der Waals surface area (Å²) in [6, 6.07) is 10.5. The number of rotatable bonds is 9. The van der Waals surface area contributed by atoms with Crippen molar-refractivity contribution in [2.75, 3.05) is 23.3 Å². The average molecular weight is 441 g/mol. The number of hydrogen-bond acceptors (Lipinski definition) is 5. The molecule has 3 N–H and O–H groups in total. The number of carbonyl (C=O) groups is 1. The van der Waals surface area contributed by atoms with Gasteiger partial charge in [-0.1, -0.05) is 25.4 Å². The average Bonchev–Trinajstić information content (AvgIpc) is 2.64. The number of benzene rings is 2. The molecule has 158 valence electrons. The van der Waals surface area contributed by atoms with Crippen LogP contribution in [0.15, 0.2) is 47.4 Å². The van der Waals surface area contributed by atoms with Gasteiger partial charge in [0, 0.05) is 22.5 Å². The Balaban J connectivity index is 2.30. The van der Waals surface area contributed by atoms with Gasteiger partial charge >= 0.3 is 0 Å². The van der Waals surface area contributed by atoms with Crippen LogP contribution in [0.2, 0.25) is 5.02 Å². The van der Waals surface area contributed by atoms with Crippen molar-refractivity contribution in [3.8, 4) is 5.75 Å². The topological polar surface area (TPSA) is 105 Å². The molecule has 7 nitrogen and oxygen atoms in total. The van der Waals surface area contributed by atoms with Crippen LogP contribution in [0.3, 0.4) is 0 Å². The predicted molar refractivity (Wildman–Crippen MR) is 114 cm³/mol. The van der Waals surface area contributed by atoms with E-state index in [9.17, 15) is 18.3 Å². The number of halogens is 1. The first kappa shape index (κ1) is 23.0. The zero-order valence-corrected chi connectivity index (χ0v) is 18.0. The van der Waals surface area contributed by atoms with Crippen LogP contribution >= 0.6 is 11.6 Å². The molecule has 0 saturated heterocycles. The van der Waals surface area contributed by atoms with Gasteiger partial charge in [-0.15, -0.1) is 0 Å². The zero-order chi connectivity index (χ0) is 21.6. The molecule has 0 bridgehead atoms. The lowest BCUT2D eigenvalue weighted by Crippen LogP contribution is -2.29. The van der Waals surface area contributed by atoms with Crippen LogP contribution in [0.5, 0.6) is 5.75 Å². The number of carbonyl (C=O) groups excluding carboxylic acids is 1. The molecule has 29 heavy (non-hydrogen) atoms. The van der Waals surface area contributed by atoms with Crippen molar-refractivity contribution in [2.45, 2.75) is 25.7 Å². The summed E-state index contributed by atoms with van der Waals surface area (Å²) in [7, 11) is -3.93. The van der Waals surface area contributed by atoms with Crippen LogP contribution in [0.1, 0.15) is 20.8 Å². The molecule has 2 aromatic rings. The Kier molecular flexibility index (Phi) is 7.89. The molecule has 0 unspecified atom stereocenters. The molecule has 2 aromatic carbocycles. The van der Waals surface area contributed by atoms with Crippen LogP contribution in [-0.4, -0.2) is 32.6 Å². The molecule has 1 atom stereocenters. The molecule has 0 aliphatic carbocycles. The van der Waals surface area contributed by atoms with Gasteiger partial charge in [-0.25, -0.2) is 8.42 Å². The van der Waals surface area contributed by atoms with Gasteiger partial charge in [0.25, 0.3) is 10.0 Å². The lowest BCUT2D eigenvalue weighted by Gasteiger charge is -2.19. The Morgan fingerprint density at radius 3 is 2.31 bits per heavy atom. The van der Waals surface area contributed by atoms with E-state index < -0.39 is 15.9 Å². The molecular weight excluding hydrogens is 416 g/mol. The Morgan fingerprint density at radius 1 is 1.14 bits per heavy atom. The summed E-state index contributed by atoms with van der Waals surface area (Å²) >= 11 is 5.83. The number of hydrogen-bond donors (Lipinski definition) is 3. The van der Waals surface area contributed by atoms with Crippen molar-refractivity contribution in [3.05, 3.63) is 47.5 Å². The number of anilines is 2. The summed E-state index contributed by atoms with van der Waals surface area (Å²) in [5, 5.41) is 12.6. The van der Waals surface area contributed by atoms with Gasteiger partial charge < -0.3 is 15.2 Å². The molecule has 0 fully saturated rings. The van der Waals surface area contributed by atoms with Gasteiger partial charge in [0.2, 0.25) is 5.91 Å². The highest BCUT2D eigenvalue weighted by Crippen LogP contribution is 2.30. The maximum atomic E-state index is 12.8. The number of amides is 1. The van der Waals surface area contributed by atoms with Gasteiger partial charge in [0.1, 0.15) is 10.6 Å². The quantitative estimate of drug-likeness (QED) is 0.550. The molecule has 2 rings (SSSR count). The maximum Gasteiger partial charge on any atom is 0.265 e. The van der Waals surface area contributed by atoms with Gasteiger partial charge in [-0.05, 0) is 49.2 Å². The normalized spacial score (nSPS) is 12.5. The first-order valence-corrected chi connectivity index (χ1v) is 11.0. The lowest BCUT2D eigenvalue weighted by atomic mass is 9.96. The number of aliphatic hydroxyl groups is 1. The first-order chi connectivity index (χ1) is 13.7. The molecule has 0 aliphatic rings. The van der Waals surface area contributed by atoms with E-state index in [1.54, 1.807) is 31.2 Å². The summed E-state index contributed by atoms with van der Waals surface area (Å²) in [5.41, 5.74) is 0.736. The van der Waals surface area contributed by atoms with Gasteiger partial charge in [0.05, 0.1) is 19.1 Å². The Hall–Kier alpha value is -2.29. The van der Waals surface area contributed by atoms with Crippen LogP contribution < -0.4 is 14.8 Å². The van der Waals surface area contributed by atoms with Gasteiger partial charge in [-0.2, -0.15) is 0 Å². The zero-order valence-electron chi connectivity index (χ0n) is 16.5. The second-order valence-electron chi connectivity index (χ2n) is 6.73. The molecule has 0 saturated carbocycles. The van der Waals surface area contributed by atoms with Crippen molar-refractivity contribution in [2.24, 2.45) is 11.8 Å². The minimum atomic E-state index is -3.93. The van der Waals surface area contributed by atoms with E-state index in [0.717, 1.165) is 0 Å². The SMILES string of the molecule is CCOc1cc(NC(=O)[C@@H](CO)C(C)C)ccc1S(=O)(=O)Nc1ccc(Cl)cc1. The van der Waals surface area contributed by atoms with Crippen molar-refractivity contribution in [3.63, 3.8) is 0 Å². The monoisotopic (exact) mass is 440 g/mol. The fourth-order valence-corrected chi connectivity index (χ4v) is 3.95. The van der Waals surface area contributed by atoms with Gasteiger partial charge in [-0.3, -0.25) is 9.52 Å². The second-order valence-corrected chi connectivity index (χ2v) is 8.82. The minimum Gasteiger partial charge on any atom is -0.492 e. The summed E-state index contributed by atoms with van der Waals surface area (Å²) in [6.07, 6.45) is 0. The number of nitrogens with one attached hydrogen (secondary N) is 2. The highest BCUT2D eigenvalue weighted by atomic mass is 35.5. The van der Waals surface area contributed by atoms with E-state index >= 15 is 0 Å². The third-order valence-electron chi connectivity index (χ3n) is 4.24. The molecule has 1 amide bonds. The van der Waals surface area contributed by atoms with Crippen LogP contribution in [-0.2, 0) is 14.8 Å². The summed E-state index contributed by atoms with van der Waals surface area (Å²) in [5.74, 6) is -0.855. The fourth-order valence-electron chi connectivity index (χ4n) is 2.64. The molecule has 0 radical (unpaired) electrons.